The van der Waals surface area contributed by atoms with Gasteiger partial charge in [-0.3, -0.25) is 0 Å². The van der Waals surface area contributed by atoms with Gasteiger partial charge in [-0.05, 0) is 36.4 Å². The van der Waals surface area contributed by atoms with E-state index in [4.69, 9.17) is 0 Å². The van der Waals surface area contributed by atoms with E-state index in [9.17, 15) is 4.39 Å². The molecule has 3 aromatic rings. The summed E-state index contributed by atoms with van der Waals surface area (Å²) in [6.07, 6.45) is 1.15. The van der Waals surface area contributed by atoms with Gasteiger partial charge in [0.05, 0.1) is 17.2 Å². The second kappa shape index (κ2) is 5.09. The Kier molecular flexibility index (Phi) is 3.27. The summed E-state index contributed by atoms with van der Waals surface area (Å²) in [5.74, 6) is -0.0912. The van der Waals surface area contributed by atoms with Crippen LogP contribution in [0.1, 0.15) is 5.56 Å². The molecule has 5 nitrogen and oxygen atoms in total. The van der Waals surface area contributed by atoms with Gasteiger partial charge in [0.2, 0.25) is 5.95 Å². The number of benzene rings is 1. The Labute approximate surface area is 119 Å². The molecule has 3 rings (SSSR count). The van der Waals surface area contributed by atoms with Gasteiger partial charge in [0, 0.05) is 7.05 Å². The van der Waals surface area contributed by atoms with Crippen molar-refractivity contribution in [1.82, 2.24) is 19.9 Å². The van der Waals surface area contributed by atoms with E-state index in [1.807, 2.05) is 25.1 Å². The lowest BCUT2D eigenvalue weighted by molar-refractivity contribution is 0.580. The summed E-state index contributed by atoms with van der Waals surface area (Å²) in [4.78, 5) is 15.5. The molecule has 0 fully saturated rings. The van der Waals surface area contributed by atoms with Gasteiger partial charge in [-0.1, -0.05) is 6.07 Å². The Morgan fingerprint density at radius 3 is 2.95 bits per heavy atom. The Hall–Kier alpha value is -2.15. The first-order chi connectivity index (χ1) is 9.65. The molecular weight excluding hydrogens is 277 g/mol. The lowest BCUT2D eigenvalue weighted by atomic mass is 10.2. The lowest BCUT2D eigenvalue weighted by Gasteiger charge is -2.02. The standard InChI is InChI=1S/C13H12FN5S/c1-7-3-4-9-10(5-7)18-13(17-9)20-11-8(14)6-16-12(15-2)19-11/h3-6H,1-2H3,(H,17,18)(H,15,16,19). The summed E-state index contributed by atoms with van der Waals surface area (Å²) in [6, 6.07) is 5.92. The number of rotatable bonds is 3. The van der Waals surface area contributed by atoms with Crippen molar-refractivity contribution in [2.75, 3.05) is 12.4 Å². The number of nitrogens with one attached hydrogen (secondary N) is 2. The Bertz CT molecular complexity index is 771. The van der Waals surface area contributed by atoms with Gasteiger partial charge in [-0.15, -0.1) is 0 Å². The third kappa shape index (κ3) is 2.44. The van der Waals surface area contributed by atoms with Crippen LogP contribution in [0.5, 0.6) is 0 Å². The monoisotopic (exact) mass is 289 g/mol. The van der Waals surface area contributed by atoms with Crippen molar-refractivity contribution >= 4 is 28.7 Å². The molecule has 2 aromatic heterocycles. The smallest absolute Gasteiger partial charge is 0.223 e. The number of aromatic nitrogens is 4. The van der Waals surface area contributed by atoms with Crippen LogP contribution in [0.3, 0.4) is 0 Å². The Morgan fingerprint density at radius 2 is 2.15 bits per heavy atom. The SMILES string of the molecule is CNc1ncc(F)c(Sc2nc3ccc(C)cc3[nH]2)n1. The van der Waals surface area contributed by atoms with E-state index in [2.05, 4.69) is 25.3 Å². The zero-order chi connectivity index (χ0) is 14.1. The van der Waals surface area contributed by atoms with Crippen LogP contribution in [0.25, 0.3) is 11.0 Å². The number of H-pyrrole nitrogens is 1. The van der Waals surface area contributed by atoms with Gasteiger partial charge < -0.3 is 10.3 Å². The van der Waals surface area contributed by atoms with E-state index < -0.39 is 5.82 Å². The predicted octanol–water partition coefficient (Wildman–Crippen LogP) is 2.99. The number of anilines is 1. The van der Waals surface area contributed by atoms with Crippen LogP contribution in [-0.2, 0) is 0 Å². The van der Waals surface area contributed by atoms with Crippen molar-refractivity contribution in [3.8, 4) is 0 Å². The summed E-state index contributed by atoms with van der Waals surface area (Å²) in [6.45, 7) is 2.01. The first-order valence-corrected chi connectivity index (χ1v) is 6.82. The van der Waals surface area contributed by atoms with Crippen LogP contribution in [0, 0.1) is 12.7 Å². The minimum atomic E-state index is -0.467. The van der Waals surface area contributed by atoms with E-state index in [1.54, 1.807) is 7.05 Å². The summed E-state index contributed by atoms with van der Waals surface area (Å²) in [5, 5.41) is 3.62. The number of nitrogens with zero attached hydrogens (tertiary/aromatic N) is 3. The molecule has 0 bridgehead atoms. The second-order valence-corrected chi connectivity index (χ2v) is 5.24. The van der Waals surface area contributed by atoms with E-state index in [0.29, 0.717) is 11.1 Å². The van der Waals surface area contributed by atoms with Crippen LogP contribution in [0.2, 0.25) is 0 Å². The number of imidazole rings is 1. The van der Waals surface area contributed by atoms with Gasteiger partial charge in [-0.2, -0.15) is 0 Å². The Balaban J connectivity index is 1.96. The van der Waals surface area contributed by atoms with Gasteiger partial charge in [0.15, 0.2) is 11.0 Å². The van der Waals surface area contributed by atoms with Crippen molar-refractivity contribution in [1.29, 1.82) is 0 Å². The average molecular weight is 289 g/mol. The summed E-state index contributed by atoms with van der Waals surface area (Å²) < 4.78 is 13.7. The second-order valence-electron chi connectivity index (χ2n) is 4.26. The molecule has 2 heterocycles. The molecule has 0 amide bonds. The average Bonchev–Trinajstić information content (AvgIpc) is 2.82. The molecule has 0 saturated carbocycles. The lowest BCUT2D eigenvalue weighted by Crippen LogP contribution is -1.99. The molecule has 0 saturated heterocycles. The Morgan fingerprint density at radius 1 is 1.30 bits per heavy atom. The molecular formula is C13H12FN5S. The fourth-order valence-corrected chi connectivity index (χ4v) is 2.55. The molecule has 0 atom stereocenters. The first-order valence-electron chi connectivity index (χ1n) is 6.00. The van der Waals surface area contributed by atoms with Crippen molar-refractivity contribution in [3.05, 3.63) is 35.8 Å². The van der Waals surface area contributed by atoms with E-state index in [0.717, 1.165) is 34.6 Å². The summed E-state index contributed by atoms with van der Waals surface area (Å²) >= 11 is 1.14. The molecule has 20 heavy (non-hydrogen) atoms. The molecule has 1 aromatic carbocycles. The largest absolute Gasteiger partial charge is 0.357 e. The van der Waals surface area contributed by atoms with E-state index in [1.165, 1.54) is 0 Å². The first kappa shape index (κ1) is 12.9. The highest BCUT2D eigenvalue weighted by Gasteiger charge is 2.11. The highest BCUT2D eigenvalue weighted by atomic mass is 32.2. The highest BCUT2D eigenvalue weighted by molar-refractivity contribution is 7.99. The molecule has 0 radical (unpaired) electrons. The number of hydrogen-bond donors (Lipinski definition) is 2. The fourth-order valence-electron chi connectivity index (χ4n) is 1.78. The van der Waals surface area contributed by atoms with Crippen molar-refractivity contribution in [2.45, 2.75) is 17.1 Å². The molecule has 2 N–H and O–H groups in total. The zero-order valence-corrected chi connectivity index (χ0v) is 11.8. The van der Waals surface area contributed by atoms with Crippen LogP contribution in [0.4, 0.5) is 10.3 Å². The van der Waals surface area contributed by atoms with Gasteiger partial charge in [-0.25, -0.2) is 19.3 Å². The third-order valence-corrected chi connectivity index (χ3v) is 3.61. The topological polar surface area (TPSA) is 66.5 Å². The molecule has 0 unspecified atom stereocenters. The minimum Gasteiger partial charge on any atom is -0.357 e. The number of hydrogen-bond acceptors (Lipinski definition) is 5. The minimum absolute atomic E-state index is 0.236. The van der Waals surface area contributed by atoms with Crippen molar-refractivity contribution in [3.63, 3.8) is 0 Å². The maximum atomic E-state index is 13.7. The summed E-state index contributed by atoms with van der Waals surface area (Å²) in [5.41, 5.74) is 2.92. The number of aryl methyl sites for hydroxylation is 1. The van der Waals surface area contributed by atoms with Gasteiger partial charge in [0.1, 0.15) is 5.03 Å². The molecule has 7 heteroatoms. The zero-order valence-electron chi connectivity index (χ0n) is 10.9. The number of aromatic amines is 1. The third-order valence-electron chi connectivity index (χ3n) is 2.74. The quantitative estimate of drug-likeness (QED) is 0.726. The van der Waals surface area contributed by atoms with Gasteiger partial charge >= 0.3 is 0 Å². The van der Waals surface area contributed by atoms with Crippen LogP contribution in [-0.4, -0.2) is 27.0 Å². The van der Waals surface area contributed by atoms with E-state index in [-0.39, 0.29) is 5.03 Å². The van der Waals surface area contributed by atoms with E-state index >= 15 is 0 Å². The predicted molar refractivity (Wildman–Crippen MR) is 76.5 cm³/mol. The van der Waals surface area contributed by atoms with Crippen molar-refractivity contribution < 1.29 is 4.39 Å². The van der Waals surface area contributed by atoms with Crippen molar-refractivity contribution in [2.24, 2.45) is 0 Å². The number of fused-ring (bicyclic) bond motifs is 1. The molecule has 0 spiro atoms. The maximum Gasteiger partial charge on any atom is 0.223 e. The molecule has 0 aliphatic heterocycles. The van der Waals surface area contributed by atoms with Crippen LogP contribution < -0.4 is 5.32 Å². The summed E-state index contributed by atoms with van der Waals surface area (Å²) in [7, 11) is 1.69. The normalized spacial score (nSPS) is 10.9. The molecule has 0 aliphatic rings. The maximum absolute atomic E-state index is 13.7. The fraction of sp³-hybridized carbons (Fsp3) is 0.154. The van der Waals surface area contributed by atoms with Gasteiger partial charge in [0.25, 0.3) is 0 Å². The number of halogens is 1. The molecule has 0 aliphatic carbocycles. The van der Waals surface area contributed by atoms with Crippen LogP contribution >= 0.6 is 11.8 Å². The molecule has 102 valence electrons. The van der Waals surface area contributed by atoms with Crippen LogP contribution in [0.15, 0.2) is 34.6 Å². The highest BCUT2D eigenvalue weighted by Crippen LogP contribution is 2.28.